The van der Waals surface area contributed by atoms with Gasteiger partial charge in [-0.1, -0.05) is 83.8 Å². The molecule has 1 aromatic rings. The molecule has 0 heterocycles. The van der Waals surface area contributed by atoms with E-state index >= 15 is 0 Å². The van der Waals surface area contributed by atoms with E-state index in [1.165, 1.54) is 0 Å². The Labute approximate surface area is 209 Å². The maximum atomic E-state index is 12.2. The highest BCUT2D eigenvalue weighted by Gasteiger charge is 2.38. The van der Waals surface area contributed by atoms with Crippen LogP contribution in [0.4, 0.5) is 13.2 Å². The maximum Gasteiger partial charge on any atom is 0.471 e. The summed E-state index contributed by atoms with van der Waals surface area (Å²) in [5, 5.41) is 21.2. The number of benzene rings is 1. The van der Waals surface area contributed by atoms with Crippen molar-refractivity contribution in [2.24, 2.45) is 5.92 Å². The Morgan fingerprint density at radius 1 is 1.03 bits per heavy atom. The van der Waals surface area contributed by atoms with Gasteiger partial charge in [0.15, 0.2) is 0 Å². The van der Waals surface area contributed by atoms with Crippen molar-refractivity contribution in [2.75, 3.05) is 6.54 Å². The van der Waals surface area contributed by atoms with Gasteiger partial charge in [-0.2, -0.15) is 13.2 Å². The smallest absolute Gasteiger partial charge is 0.390 e. The molecule has 0 spiro atoms. The lowest BCUT2D eigenvalue weighted by molar-refractivity contribution is -0.174. The van der Waals surface area contributed by atoms with E-state index in [4.69, 9.17) is 0 Å². The van der Waals surface area contributed by atoms with Crippen LogP contribution in [0.1, 0.15) is 110 Å². The molecule has 3 N–H and O–H groups in total. The van der Waals surface area contributed by atoms with Gasteiger partial charge in [0.2, 0.25) is 0 Å². The second-order valence-corrected chi connectivity index (χ2v) is 9.24. The molecule has 1 unspecified atom stereocenters. The third kappa shape index (κ3) is 15.5. The molecule has 1 amide bonds. The number of aliphatic hydroxyl groups is 2. The predicted octanol–water partition coefficient (Wildman–Crippen LogP) is 6.69. The molecular weight excluding hydrogens is 455 g/mol. The van der Waals surface area contributed by atoms with Gasteiger partial charge in [-0.05, 0) is 50.3 Å². The van der Waals surface area contributed by atoms with Crippen LogP contribution in [-0.4, -0.2) is 34.4 Å². The second-order valence-electron chi connectivity index (χ2n) is 9.24. The lowest BCUT2D eigenvalue weighted by atomic mass is 9.95. The quantitative estimate of drug-likeness (QED) is 0.281. The fraction of sp³-hybridized carbons (Fsp3) is 0.679. The summed E-state index contributed by atoms with van der Waals surface area (Å²) in [7, 11) is 0. The first-order valence-corrected chi connectivity index (χ1v) is 12.8. The van der Waals surface area contributed by atoms with Gasteiger partial charge in [-0.3, -0.25) is 4.79 Å². The number of hydrogen-bond acceptors (Lipinski definition) is 3. The van der Waals surface area contributed by atoms with Gasteiger partial charge in [-0.25, -0.2) is 0 Å². The van der Waals surface area contributed by atoms with E-state index in [0.717, 1.165) is 57.8 Å². The van der Waals surface area contributed by atoms with E-state index in [1.54, 1.807) is 29.6 Å². The zero-order chi connectivity index (χ0) is 26.9. The van der Waals surface area contributed by atoms with E-state index in [9.17, 15) is 28.2 Å². The number of carbonyl (C=O) groups is 1. The van der Waals surface area contributed by atoms with Crippen molar-refractivity contribution in [3.63, 3.8) is 0 Å². The Morgan fingerprint density at radius 2 is 1.66 bits per heavy atom. The lowest BCUT2D eigenvalue weighted by Crippen LogP contribution is -2.38. The minimum atomic E-state index is -4.96. The summed E-state index contributed by atoms with van der Waals surface area (Å²) in [4.78, 5) is 10.8. The minimum absolute atomic E-state index is 0.319. The summed E-state index contributed by atoms with van der Waals surface area (Å²) < 4.78 is 36.5. The highest BCUT2D eigenvalue weighted by Crippen LogP contribution is 2.19. The van der Waals surface area contributed by atoms with E-state index in [1.807, 2.05) is 6.92 Å². The molecule has 7 heteroatoms. The van der Waals surface area contributed by atoms with Crippen LogP contribution in [0.25, 0.3) is 0 Å². The highest BCUT2D eigenvalue weighted by molar-refractivity contribution is 5.81. The van der Waals surface area contributed by atoms with Crippen LogP contribution in [0.2, 0.25) is 0 Å². The van der Waals surface area contributed by atoms with Crippen molar-refractivity contribution in [1.29, 1.82) is 0 Å². The molecule has 0 radical (unpaired) electrons. The van der Waals surface area contributed by atoms with Gasteiger partial charge in [-0.15, -0.1) is 0 Å². The first kappa shape index (κ1) is 33.0. The summed E-state index contributed by atoms with van der Waals surface area (Å²) in [6.07, 6.45) is 3.20. The number of amides is 1. The average molecular weight is 500 g/mol. The Hall–Kier alpha value is -2.04. The molecule has 4 nitrogen and oxygen atoms in total. The monoisotopic (exact) mass is 499 g/mol. The van der Waals surface area contributed by atoms with Crippen molar-refractivity contribution < 1.29 is 28.2 Å². The van der Waals surface area contributed by atoms with Gasteiger partial charge in [0.05, 0.1) is 11.7 Å². The number of alkyl halides is 3. The fourth-order valence-electron chi connectivity index (χ4n) is 3.71. The summed E-state index contributed by atoms with van der Waals surface area (Å²) in [6.45, 7) is 9.87. The maximum absolute atomic E-state index is 12.2. The van der Waals surface area contributed by atoms with Crippen LogP contribution >= 0.6 is 0 Å². The molecule has 0 aliphatic heterocycles. The van der Waals surface area contributed by atoms with Gasteiger partial charge in [0.25, 0.3) is 0 Å². The van der Waals surface area contributed by atoms with Gasteiger partial charge < -0.3 is 15.5 Å². The van der Waals surface area contributed by atoms with E-state index in [-0.39, 0.29) is 0 Å². The molecule has 2 atom stereocenters. The molecule has 1 aromatic carbocycles. The Kier molecular flexibility index (Phi) is 16.4. The van der Waals surface area contributed by atoms with Crippen LogP contribution in [0.3, 0.4) is 0 Å². The van der Waals surface area contributed by atoms with E-state index < -0.39 is 30.3 Å². The van der Waals surface area contributed by atoms with Crippen molar-refractivity contribution in [3.8, 4) is 11.8 Å². The normalized spacial score (nSPS) is 13.1. The summed E-state index contributed by atoms with van der Waals surface area (Å²) in [5.41, 5.74) is 0.713. The van der Waals surface area contributed by atoms with Crippen LogP contribution in [0.5, 0.6) is 0 Å². The topological polar surface area (TPSA) is 69.6 Å². The SMILES string of the molecule is CCCC(C)(O)CCC.CCCCC(C#Cc1cccc([C@H](O)CNC(=O)C(F)(F)F)c1)CCC. The van der Waals surface area contributed by atoms with Crippen LogP contribution < -0.4 is 5.32 Å². The number of aliphatic hydroxyl groups excluding tert-OH is 1. The Bertz CT molecular complexity index is 774. The first-order valence-electron chi connectivity index (χ1n) is 12.8. The molecule has 0 aliphatic rings. The Balaban J connectivity index is 0.00000109. The fourth-order valence-corrected chi connectivity index (χ4v) is 3.71. The number of hydrogen-bond donors (Lipinski definition) is 3. The van der Waals surface area contributed by atoms with Crippen LogP contribution in [0.15, 0.2) is 24.3 Å². The van der Waals surface area contributed by atoms with Crippen LogP contribution in [0, 0.1) is 17.8 Å². The Morgan fingerprint density at radius 3 is 2.17 bits per heavy atom. The predicted molar refractivity (Wildman–Crippen MR) is 136 cm³/mol. The molecule has 0 aromatic heterocycles. The zero-order valence-electron chi connectivity index (χ0n) is 22.0. The van der Waals surface area contributed by atoms with Crippen molar-refractivity contribution in [2.45, 2.75) is 110 Å². The molecular formula is C28H44F3NO3. The first-order chi connectivity index (χ1) is 16.4. The average Bonchev–Trinajstić information content (AvgIpc) is 2.79. The zero-order valence-corrected chi connectivity index (χ0v) is 22.0. The molecule has 200 valence electrons. The van der Waals surface area contributed by atoms with Crippen LogP contribution in [-0.2, 0) is 4.79 Å². The summed E-state index contributed by atoms with van der Waals surface area (Å²) in [5.74, 6) is 4.61. The largest absolute Gasteiger partial charge is 0.471 e. The number of nitrogens with one attached hydrogen (secondary N) is 1. The van der Waals surface area contributed by atoms with Gasteiger partial charge in [0.1, 0.15) is 0 Å². The van der Waals surface area contributed by atoms with E-state index in [0.29, 0.717) is 17.0 Å². The van der Waals surface area contributed by atoms with Crippen molar-refractivity contribution in [1.82, 2.24) is 5.32 Å². The third-order valence-electron chi connectivity index (χ3n) is 5.53. The van der Waals surface area contributed by atoms with Gasteiger partial charge in [0, 0.05) is 18.0 Å². The van der Waals surface area contributed by atoms with Gasteiger partial charge >= 0.3 is 12.1 Å². The highest BCUT2D eigenvalue weighted by atomic mass is 19.4. The molecule has 0 aliphatic carbocycles. The van der Waals surface area contributed by atoms with Crippen molar-refractivity contribution in [3.05, 3.63) is 35.4 Å². The number of carbonyl (C=O) groups excluding carboxylic acids is 1. The number of unbranched alkanes of at least 4 members (excludes halogenated alkanes) is 1. The third-order valence-corrected chi connectivity index (χ3v) is 5.53. The minimum Gasteiger partial charge on any atom is -0.390 e. The summed E-state index contributed by atoms with van der Waals surface area (Å²) in [6, 6.07) is 6.71. The molecule has 0 saturated heterocycles. The molecule has 0 bridgehead atoms. The second kappa shape index (κ2) is 17.4. The molecule has 1 rings (SSSR count). The van der Waals surface area contributed by atoms with E-state index in [2.05, 4.69) is 39.5 Å². The van der Waals surface area contributed by atoms with Crippen molar-refractivity contribution >= 4 is 5.91 Å². The summed E-state index contributed by atoms with van der Waals surface area (Å²) >= 11 is 0. The number of rotatable bonds is 12. The molecule has 0 fully saturated rings. The molecule has 0 saturated carbocycles. The lowest BCUT2D eigenvalue weighted by Gasteiger charge is -2.21. The molecule has 35 heavy (non-hydrogen) atoms. The standard InChI is InChI=1S/C20H26F3NO2.C8H18O/c1-3-5-8-15(7-4-2)11-12-16-9-6-10-17(13-16)18(25)14-24-19(26)20(21,22)23;1-4-6-8(3,9)7-5-2/h6,9-10,13,15,18,25H,3-5,7-8,14H2,1-2H3,(H,24,26);9H,4-7H2,1-3H3/t15?,18-;/m1./s1. The number of halogens is 3.